The summed E-state index contributed by atoms with van der Waals surface area (Å²) in [5.74, 6) is 0. The molecule has 0 aromatic heterocycles. The maximum absolute atomic E-state index is 5.88. The van der Waals surface area contributed by atoms with Gasteiger partial charge in [0.05, 0.1) is 5.60 Å². The van der Waals surface area contributed by atoms with Gasteiger partial charge in [0.15, 0.2) is 0 Å². The lowest BCUT2D eigenvalue weighted by Crippen LogP contribution is -2.54. The van der Waals surface area contributed by atoms with Gasteiger partial charge in [-0.05, 0) is 13.5 Å². The van der Waals surface area contributed by atoms with E-state index in [-0.39, 0.29) is 5.60 Å². The average molecular weight is 271 g/mol. The van der Waals surface area contributed by atoms with Crippen LogP contribution in [0.4, 0.5) is 0 Å². The third-order valence-electron chi connectivity index (χ3n) is 4.58. The van der Waals surface area contributed by atoms with Gasteiger partial charge in [-0.25, -0.2) is 0 Å². The van der Waals surface area contributed by atoms with Gasteiger partial charge in [-0.1, -0.05) is 45.4 Å². The summed E-state index contributed by atoms with van der Waals surface area (Å²) in [7, 11) is 3.93. The Morgan fingerprint density at radius 3 is 2.32 bits per heavy atom. The second kappa shape index (κ2) is 9.73. The Kier molecular flexibility index (Phi) is 8.67. The van der Waals surface area contributed by atoms with Gasteiger partial charge in [0, 0.05) is 39.2 Å². The second-order valence-corrected chi connectivity index (χ2v) is 5.78. The third-order valence-corrected chi connectivity index (χ3v) is 4.58. The standard InChI is InChI=1S/C16H33NO2/c1-4-5-6-7-8-9-10-15(17-2)16(18-3)11-13-19-14-12-16/h15,17H,4-14H2,1-3H3. The number of likely N-dealkylation sites (N-methyl/N-ethyl adjacent to an activating group) is 1. The van der Waals surface area contributed by atoms with E-state index in [0.29, 0.717) is 6.04 Å². The molecule has 1 rings (SSSR count). The molecule has 1 N–H and O–H groups in total. The van der Waals surface area contributed by atoms with Crippen LogP contribution in [0.15, 0.2) is 0 Å². The molecule has 1 fully saturated rings. The summed E-state index contributed by atoms with van der Waals surface area (Å²) in [5.41, 5.74) is -0.00355. The van der Waals surface area contributed by atoms with Crippen LogP contribution >= 0.6 is 0 Å². The zero-order valence-electron chi connectivity index (χ0n) is 13.2. The maximum atomic E-state index is 5.88. The van der Waals surface area contributed by atoms with Gasteiger partial charge in [0.1, 0.15) is 0 Å². The van der Waals surface area contributed by atoms with E-state index in [2.05, 4.69) is 19.3 Å². The summed E-state index contributed by atoms with van der Waals surface area (Å²) in [6, 6.07) is 0.465. The van der Waals surface area contributed by atoms with Crippen molar-refractivity contribution < 1.29 is 9.47 Å². The molecule has 1 aliphatic rings. The highest BCUT2D eigenvalue weighted by molar-refractivity contribution is 4.94. The largest absolute Gasteiger partial charge is 0.381 e. The van der Waals surface area contributed by atoms with Gasteiger partial charge in [0.2, 0.25) is 0 Å². The Balaban J connectivity index is 2.30. The predicted octanol–water partition coefficient (Wildman–Crippen LogP) is 3.52. The summed E-state index contributed by atoms with van der Waals surface area (Å²) in [4.78, 5) is 0. The first-order chi connectivity index (χ1) is 9.29. The van der Waals surface area contributed by atoms with Crippen molar-refractivity contribution in [1.29, 1.82) is 0 Å². The molecule has 3 nitrogen and oxygen atoms in total. The number of hydrogen-bond acceptors (Lipinski definition) is 3. The highest BCUT2D eigenvalue weighted by Crippen LogP contribution is 2.30. The van der Waals surface area contributed by atoms with Crippen LogP contribution in [0.1, 0.15) is 64.7 Å². The number of unbranched alkanes of at least 4 members (excludes halogenated alkanes) is 5. The molecule has 0 spiro atoms. The van der Waals surface area contributed by atoms with Crippen molar-refractivity contribution in [2.45, 2.75) is 76.4 Å². The predicted molar refractivity (Wildman–Crippen MR) is 80.6 cm³/mol. The molecule has 0 radical (unpaired) electrons. The van der Waals surface area contributed by atoms with Crippen LogP contribution in [-0.4, -0.2) is 39.0 Å². The van der Waals surface area contributed by atoms with E-state index in [4.69, 9.17) is 9.47 Å². The first-order valence-electron chi connectivity index (χ1n) is 8.09. The van der Waals surface area contributed by atoms with E-state index >= 15 is 0 Å². The Hall–Kier alpha value is -0.120. The van der Waals surface area contributed by atoms with E-state index in [1.807, 2.05) is 7.11 Å². The molecule has 0 bridgehead atoms. The highest BCUT2D eigenvalue weighted by atomic mass is 16.5. The molecule has 0 aliphatic carbocycles. The van der Waals surface area contributed by atoms with Crippen molar-refractivity contribution >= 4 is 0 Å². The lowest BCUT2D eigenvalue weighted by Gasteiger charge is -2.42. The van der Waals surface area contributed by atoms with Gasteiger partial charge in [-0.2, -0.15) is 0 Å². The summed E-state index contributed by atoms with van der Waals surface area (Å²) in [5, 5.41) is 3.49. The van der Waals surface area contributed by atoms with Crippen LogP contribution in [0.25, 0.3) is 0 Å². The molecule has 1 unspecified atom stereocenters. The van der Waals surface area contributed by atoms with Crippen molar-refractivity contribution in [3.63, 3.8) is 0 Å². The molecule has 0 saturated carbocycles. The van der Waals surface area contributed by atoms with Gasteiger partial charge >= 0.3 is 0 Å². The van der Waals surface area contributed by atoms with Gasteiger partial charge < -0.3 is 14.8 Å². The molecule has 1 atom stereocenters. The Bertz CT molecular complexity index is 215. The topological polar surface area (TPSA) is 30.5 Å². The Morgan fingerprint density at radius 2 is 1.74 bits per heavy atom. The molecule has 3 heteroatoms. The summed E-state index contributed by atoms with van der Waals surface area (Å²) >= 11 is 0. The zero-order valence-corrected chi connectivity index (χ0v) is 13.2. The molecule has 0 amide bonds. The molecule has 0 aromatic rings. The Morgan fingerprint density at radius 1 is 1.11 bits per heavy atom. The minimum Gasteiger partial charge on any atom is -0.381 e. The number of ether oxygens (including phenoxy) is 2. The van der Waals surface area contributed by atoms with Crippen LogP contribution in [0.2, 0.25) is 0 Å². The molecule has 114 valence electrons. The van der Waals surface area contributed by atoms with E-state index in [9.17, 15) is 0 Å². The van der Waals surface area contributed by atoms with E-state index in [1.165, 1.54) is 44.9 Å². The van der Waals surface area contributed by atoms with Crippen LogP contribution in [0.5, 0.6) is 0 Å². The maximum Gasteiger partial charge on any atom is 0.0874 e. The molecule has 19 heavy (non-hydrogen) atoms. The minimum atomic E-state index is -0.00355. The van der Waals surface area contributed by atoms with Crippen LogP contribution in [0, 0.1) is 0 Å². The van der Waals surface area contributed by atoms with E-state index < -0.39 is 0 Å². The Labute approximate surface area is 119 Å². The number of hydrogen-bond donors (Lipinski definition) is 1. The minimum absolute atomic E-state index is 0.00355. The number of nitrogens with one attached hydrogen (secondary N) is 1. The highest BCUT2D eigenvalue weighted by Gasteiger charge is 2.39. The van der Waals surface area contributed by atoms with Crippen molar-refractivity contribution in [3.8, 4) is 0 Å². The number of methoxy groups -OCH3 is 1. The lowest BCUT2D eigenvalue weighted by atomic mass is 9.83. The smallest absolute Gasteiger partial charge is 0.0874 e. The summed E-state index contributed by atoms with van der Waals surface area (Å²) < 4.78 is 11.4. The van der Waals surface area contributed by atoms with Crippen LogP contribution in [0.3, 0.4) is 0 Å². The molecule has 1 aliphatic heterocycles. The van der Waals surface area contributed by atoms with E-state index in [0.717, 1.165) is 26.1 Å². The molecule has 0 aromatic carbocycles. The number of rotatable bonds is 10. The van der Waals surface area contributed by atoms with Crippen LogP contribution in [-0.2, 0) is 9.47 Å². The summed E-state index contributed by atoms with van der Waals surface area (Å²) in [6.45, 7) is 3.94. The van der Waals surface area contributed by atoms with E-state index in [1.54, 1.807) is 0 Å². The SMILES string of the molecule is CCCCCCCCC(NC)C1(OC)CCOCC1. The fourth-order valence-corrected chi connectivity index (χ4v) is 3.21. The van der Waals surface area contributed by atoms with Crippen molar-refractivity contribution in [3.05, 3.63) is 0 Å². The van der Waals surface area contributed by atoms with Crippen LogP contribution < -0.4 is 5.32 Å². The molecular formula is C16H33NO2. The fourth-order valence-electron chi connectivity index (χ4n) is 3.21. The third kappa shape index (κ3) is 5.41. The first kappa shape index (κ1) is 16.9. The zero-order chi connectivity index (χ0) is 14.0. The summed E-state index contributed by atoms with van der Waals surface area (Å²) in [6.07, 6.45) is 11.4. The lowest BCUT2D eigenvalue weighted by molar-refractivity contribution is -0.110. The van der Waals surface area contributed by atoms with Gasteiger partial charge in [-0.3, -0.25) is 0 Å². The van der Waals surface area contributed by atoms with Gasteiger partial charge in [-0.15, -0.1) is 0 Å². The molecule has 1 heterocycles. The molecule has 1 saturated heterocycles. The average Bonchev–Trinajstić information content (AvgIpc) is 2.47. The van der Waals surface area contributed by atoms with Crippen molar-refractivity contribution in [1.82, 2.24) is 5.32 Å². The van der Waals surface area contributed by atoms with Crippen molar-refractivity contribution in [2.24, 2.45) is 0 Å². The fraction of sp³-hybridized carbons (Fsp3) is 1.00. The van der Waals surface area contributed by atoms with Crippen molar-refractivity contribution in [2.75, 3.05) is 27.4 Å². The molecular weight excluding hydrogens is 238 g/mol. The second-order valence-electron chi connectivity index (χ2n) is 5.78. The normalized spacial score (nSPS) is 20.4. The monoisotopic (exact) mass is 271 g/mol. The first-order valence-corrected chi connectivity index (χ1v) is 8.09. The quantitative estimate of drug-likeness (QED) is 0.617. The van der Waals surface area contributed by atoms with Gasteiger partial charge in [0.25, 0.3) is 0 Å².